The SMILES string of the molecule is COc1cccc(C(=O)Nc2ccc([C@@H]3OC(=O)N(Cc4ccc(F)cc4)[C@H]3C(=O)NCCC(C)C)cc2)c1. The molecule has 3 aromatic carbocycles. The van der Waals surface area contributed by atoms with Crippen LogP contribution in [-0.4, -0.2) is 42.5 Å². The first-order chi connectivity index (χ1) is 18.7. The second-order valence-electron chi connectivity index (χ2n) is 9.79. The largest absolute Gasteiger partial charge is 0.497 e. The first-order valence-corrected chi connectivity index (χ1v) is 12.8. The summed E-state index contributed by atoms with van der Waals surface area (Å²) in [7, 11) is 1.53. The number of amides is 3. The van der Waals surface area contributed by atoms with E-state index >= 15 is 0 Å². The minimum absolute atomic E-state index is 0.0898. The highest BCUT2D eigenvalue weighted by atomic mass is 19.1. The standard InChI is InChI=1S/C30H32FN3O5/c1-19(2)15-16-32-29(36)26-27(39-30(37)34(26)18-20-7-11-23(31)12-8-20)21-9-13-24(14-10-21)33-28(35)22-5-4-6-25(17-22)38-3/h4-14,17,19,26-27H,15-16,18H2,1-3H3,(H,32,36)(H,33,35)/t26-,27+/m1/s1. The zero-order valence-corrected chi connectivity index (χ0v) is 22.1. The molecule has 39 heavy (non-hydrogen) atoms. The van der Waals surface area contributed by atoms with Crippen molar-refractivity contribution < 1.29 is 28.2 Å². The van der Waals surface area contributed by atoms with Gasteiger partial charge in [-0.2, -0.15) is 0 Å². The van der Waals surface area contributed by atoms with E-state index in [1.54, 1.807) is 60.7 Å². The molecule has 0 spiro atoms. The molecule has 0 aliphatic carbocycles. The average Bonchev–Trinajstić information content (AvgIpc) is 3.25. The van der Waals surface area contributed by atoms with Crippen LogP contribution in [0.1, 0.15) is 47.9 Å². The summed E-state index contributed by atoms with van der Waals surface area (Å²) in [5, 5.41) is 5.76. The van der Waals surface area contributed by atoms with Gasteiger partial charge < -0.3 is 20.1 Å². The summed E-state index contributed by atoms with van der Waals surface area (Å²) in [6, 6.07) is 18.5. The highest BCUT2D eigenvalue weighted by molar-refractivity contribution is 6.04. The Hall–Kier alpha value is -4.40. The second-order valence-corrected chi connectivity index (χ2v) is 9.79. The zero-order valence-electron chi connectivity index (χ0n) is 22.1. The number of benzene rings is 3. The molecule has 0 bridgehead atoms. The molecule has 3 amide bonds. The molecule has 9 heteroatoms. The Bertz CT molecular complexity index is 1310. The summed E-state index contributed by atoms with van der Waals surface area (Å²) in [6.45, 7) is 4.68. The Balaban J connectivity index is 1.53. The van der Waals surface area contributed by atoms with Gasteiger partial charge in [-0.15, -0.1) is 0 Å². The van der Waals surface area contributed by atoms with Crippen LogP contribution < -0.4 is 15.4 Å². The molecule has 1 heterocycles. The van der Waals surface area contributed by atoms with Crippen LogP contribution in [0.25, 0.3) is 0 Å². The third-order valence-corrected chi connectivity index (χ3v) is 6.47. The average molecular weight is 534 g/mol. The maximum atomic E-state index is 13.4. The molecule has 204 valence electrons. The lowest BCUT2D eigenvalue weighted by Gasteiger charge is -2.24. The Morgan fingerprint density at radius 2 is 1.77 bits per heavy atom. The Morgan fingerprint density at radius 1 is 1.05 bits per heavy atom. The molecule has 2 N–H and O–H groups in total. The number of rotatable bonds is 10. The van der Waals surface area contributed by atoms with Crippen LogP contribution in [0.3, 0.4) is 0 Å². The maximum Gasteiger partial charge on any atom is 0.411 e. The van der Waals surface area contributed by atoms with E-state index in [4.69, 9.17) is 9.47 Å². The van der Waals surface area contributed by atoms with Crippen LogP contribution in [0.15, 0.2) is 72.8 Å². The number of hydrogen-bond acceptors (Lipinski definition) is 5. The zero-order chi connectivity index (χ0) is 27.9. The Labute approximate surface area is 227 Å². The van der Waals surface area contributed by atoms with Crippen molar-refractivity contribution >= 4 is 23.6 Å². The van der Waals surface area contributed by atoms with Crippen molar-refractivity contribution in [2.24, 2.45) is 5.92 Å². The summed E-state index contributed by atoms with van der Waals surface area (Å²) in [5.41, 5.74) is 2.26. The van der Waals surface area contributed by atoms with Crippen molar-refractivity contribution in [3.63, 3.8) is 0 Å². The lowest BCUT2D eigenvalue weighted by Crippen LogP contribution is -2.46. The molecule has 0 unspecified atom stereocenters. The summed E-state index contributed by atoms with van der Waals surface area (Å²) in [4.78, 5) is 40.3. The Kier molecular flexibility index (Phi) is 8.81. The molecule has 3 aromatic rings. The van der Waals surface area contributed by atoms with Gasteiger partial charge in [-0.05, 0) is 65.9 Å². The number of nitrogens with one attached hydrogen (secondary N) is 2. The lowest BCUT2D eigenvalue weighted by molar-refractivity contribution is -0.126. The predicted molar refractivity (Wildman–Crippen MR) is 145 cm³/mol. The molecular weight excluding hydrogens is 501 g/mol. The quantitative estimate of drug-likeness (QED) is 0.368. The minimum atomic E-state index is -0.924. The van der Waals surface area contributed by atoms with Gasteiger partial charge in [0.1, 0.15) is 11.6 Å². The van der Waals surface area contributed by atoms with Gasteiger partial charge in [-0.25, -0.2) is 9.18 Å². The molecule has 2 atom stereocenters. The first kappa shape index (κ1) is 27.6. The maximum absolute atomic E-state index is 13.4. The van der Waals surface area contributed by atoms with Gasteiger partial charge in [0.2, 0.25) is 5.91 Å². The molecule has 1 aliphatic heterocycles. The number of cyclic esters (lactones) is 1. The minimum Gasteiger partial charge on any atom is -0.497 e. The first-order valence-electron chi connectivity index (χ1n) is 12.8. The van der Waals surface area contributed by atoms with E-state index in [1.807, 2.05) is 0 Å². The predicted octanol–water partition coefficient (Wildman–Crippen LogP) is 5.31. The van der Waals surface area contributed by atoms with E-state index in [0.29, 0.717) is 40.6 Å². The van der Waals surface area contributed by atoms with Crippen molar-refractivity contribution in [2.45, 2.75) is 39.0 Å². The van der Waals surface area contributed by atoms with Gasteiger partial charge >= 0.3 is 6.09 Å². The van der Waals surface area contributed by atoms with Crippen LogP contribution in [0.2, 0.25) is 0 Å². The van der Waals surface area contributed by atoms with Crippen molar-refractivity contribution in [3.05, 3.63) is 95.3 Å². The number of nitrogens with zero attached hydrogens (tertiary/aromatic N) is 1. The van der Waals surface area contributed by atoms with Crippen molar-refractivity contribution in [2.75, 3.05) is 19.0 Å². The fourth-order valence-electron chi connectivity index (χ4n) is 4.31. The highest BCUT2D eigenvalue weighted by Crippen LogP contribution is 2.34. The van der Waals surface area contributed by atoms with E-state index in [2.05, 4.69) is 24.5 Å². The summed E-state index contributed by atoms with van der Waals surface area (Å²) in [5.74, 6) is -0.0467. The number of halogens is 1. The molecule has 1 aliphatic rings. The van der Waals surface area contributed by atoms with E-state index in [0.717, 1.165) is 6.42 Å². The van der Waals surface area contributed by atoms with E-state index in [9.17, 15) is 18.8 Å². The molecule has 1 fully saturated rings. The van der Waals surface area contributed by atoms with Crippen LogP contribution in [0.5, 0.6) is 5.75 Å². The second kappa shape index (κ2) is 12.4. The number of carbonyl (C=O) groups is 3. The molecule has 0 saturated carbocycles. The van der Waals surface area contributed by atoms with Gasteiger partial charge in [0.25, 0.3) is 5.91 Å². The molecule has 0 aromatic heterocycles. The fraction of sp³-hybridized carbons (Fsp3) is 0.300. The molecular formula is C30H32FN3O5. The van der Waals surface area contributed by atoms with Crippen molar-refractivity contribution in [3.8, 4) is 5.75 Å². The Morgan fingerprint density at radius 3 is 2.44 bits per heavy atom. The van der Waals surface area contributed by atoms with Crippen LogP contribution in [-0.2, 0) is 16.1 Å². The number of hydrogen-bond donors (Lipinski definition) is 2. The third kappa shape index (κ3) is 6.93. The number of methoxy groups -OCH3 is 1. The summed E-state index contributed by atoms with van der Waals surface area (Å²) < 4.78 is 24.3. The topological polar surface area (TPSA) is 97.0 Å². The van der Waals surface area contributed by atoms with Gasteiger partial charge in [-0.3, -0.25) is 14.5 Å². The van der Waals surface area contributed by atoms with E-state index in [1.165, 1.54) is 24.1 Å². The third-order valence-electron chi connectivity index (χ3n) is 6.47. The monoisotopic (exact) mass is 533 g/mol. The molecule has 0 radical (unpaired) electrons. The van der Waals surface area contributed by atoms with E-state index < -0.39 is 18.2 Å². The molecule has 1 saturated heterocycles. The van der Waals surface area contributed by atoms with Gasteiger partial charge in [0.15, 0.2) is 12.1 Å². The number of ether oxygens (including phenoxy) is 2. The van der Waals surface area contributed by atoms with Gasteiger partial charge in [0.05, 0.1) is 13.7 Å². The fourth-order valence-corrected chi connectivity index (χ4v) is 4.31. The van der Waals surface area contributed by atoms with Crippen molar-refractivity contribution in [1.82, 2.24) is 10.2 Å². The highest BCUT2D eigenvalue weighted by Gasteiger charge is 2.46. The summed E-state index contributed by atoms with van der Waals surface area (Å²) in [6.07, 6.45) is -0.707. The molecule has 8 nitrogen and oxygen atoms in total. The van der Waals surface area contributed by atoms with E-state index in [-0.39, 0.29) is 24.2 Å². The van der Waals surface area contributed by atoms with Crippen LogP contribution in [0, 0.1) is 11.7 Å². The smallest absolute Gasteiger partial charge is 0.411 e. The van der Waals surface area contributed by atoms with Gasteiger partial charge in [0, 0.05) is 17.8 Å². The van der Waals surface area contributed by atoms with Gasteiger partial charge in [-0.1, -0.05) is 44.2 Å². The lowest BCUT2D eigenvalue weighted by atomic mass is 10.00. The van der Waals surface area contributed by atoms with Crippen LogP contribution >= 0.6 is 0 Å². The number of carbonyl (C=O) groups excluding carboxylic acids is 3. The number of anilines is 1. The molecule has 4 rings (SSSR count). The van der Waals surface area contributed by atoms with Crippen molar-refractivity contribution in [1.29, 1.82) is 0 Å². The normalized spacial score (nSPS) is 16.6. The summed E-state index contributed by atoms with van der Waals surface area (Å²) >= 11 is 0. The van der Waals surface area contributed by atoms with Crippen LogP contribution in [0.4, 0.5) is 14.9 Å².